The molecule has 0 saturated carbocycles. The molecular formula is C20H20ClNO5. The monoisotopic (exact) mass is 389 g/mol. The van der Waals surface area contributed by atoms with E-state index in [4.69, 9.17) is 21.1 Å². The second-order valence-corrected chi connectivity index (χ2v) is 7.11. The van der Waals surface area contributed by atoms with Gasteiger partial charge in [-0.3, -0.25) is 4.79 Å². The highest BCUT2D eigenvalue weighted by Gasteiger charge is 2.20. The van der Waals surface area contributed by atoms with E-state index in [1.54, 1.807) is 63.2 Å². The zero-order valence-corrected chi connectivity index (χ0v) is 16.0. The highest BCUT2D eigenvalue weighted by molar-refractivity contribution is 6.30. The van der Waals surface area contributed by atoms with Crippen LogP contribution in [0.3, 0.4) is 0 Å². The van der Waals surface area contributed by atoms with Gasteiger partial charge in [0.2, 0.25) is 0 Å². The minimum absolute atomic E-state index is 0.128. The van der Waals surface area contributed by atoms with Crippen LogP contribution in [0.4, 0.5) is 5.69 Å². The van der Waals surface area contributed by atoms with E-state index in [-0.39, 0.29) is 11.3 Å². The third-order valence-electron chi connectivity index (χ3n) is 3.24. The number of benzene rings is 2. The van der Waals surface area contributed by atoms with Gasteiger partial charge in [-0.05, 0) is 57.2 Å². The number of rotatable bonds is 5. The first-order chi connectivity index (χ1) is 12.7. The molecule has 0 spiro atoms. The van der Waals surface area contributed by atoms with Crippen molar-refractivity contribution in [2.24, 2.45) is 0 Å². The van der Waals surface area contributed by atoms with Crippen molar-refractivity contribution >= 4 is 35.1 Å². The van der Waals surface area contributed by atoms with Crippen molar-refractivity contribution in [2.75, 3.05) is 11.9 Å². The Morgan fingerprint density at radius 2 is 1.63 bits per heavy atom. The normalized spacial score (nSPS) is 10.8. The maximum Gasteiger partial charge on any atom is 0.344 e. The lowest BCUT2D eigenvalue weighted by atomic mass is 10.1. The van der Waals surface area contributed by atoms with Crippen LogP contribution in [-0.2, 0) is 14.3 Å². The lowest BCUT2D eigenvalue weighted by Gasteiger charge is -2.19. The zero-order valence-electron chi connectivity index (χ0n) is 15.2. The number of hydrogen-bond donors (Lipinski definition) is 1. The molecule has 27 heavy (non-hydrogen) atoms. The van der Waals surface area contributed by atoms with Crippen LogP contribution in [0.15, 0.2) is 48.5 Å². The van der Waals surface area contributed by atoms with Gasteiger partial charge < -0.3 is 14.8 Å². The van der Waals surface area contributed by atoms with E-state index in [0.717, 1.165) is 0 Å². The SMILES string of the molecule is CC(C)(C)OC(=O)COC(=O)c1ccccc1NC(=O)c1ccc(Cl)cc1. The quantitative estimate of drug-likeness (QED) is 0.779. The van der Waals surface area contributed by atoms with Crippen molar-refractivity contribution < 1.29 is 23.9 Å². The summed E-state index contributed by atoms with van der Waals surface area (Å²) < 4.78 is 10.1. The van der Waals surface area contributed by atoms with Gasteiger partial charge in [0.05, 0.1) is 11.3 Å². The van der Waals surface area contributed by atoms with E-state index in [9.17, 15) is 14.4 Å². The number of amides is 1. The average Bonchev–Trinajstić information content (AvgIpc) is 2.59. The second-order valence-electron chi connectivity index (χ2n) is 6.67. The van der Waals surface area contributed by atoms with Crippen molar-refractivity contribution in [3.63, 3.8) is 0 Å². The Hall–Kier alpha value is -2.86. The van der Waals surface area contributed by atoms with Gasteiger partial charge in [0.1, 0.15) is 5.60 Å². The van der Waals surface area contributed by atoms with Gasteiger partial charge >= 0.3 is 11.9 Å². The number of hydrogen-bond acceptors (Lipinski definition) is 5. The Morgan fingerprint density at radius 3 is 2.26 bits per heavy atom. The van der Waals surface area contributed by atoms with Crippen LogP contribution in [0.5, 0.6) is 0 Å². The molecule has 0 unspecified atom stereocenters. The average molecular weight is 390 g/mol. The molecule has 0 heterocycles. The molecule has 0 atom stereocenters. The first kappa shape index (κ1) is 20.5. The summed E-state index contributed by atoms with van der Waals surface area (Å²) in [5.41, 5.74) is 0.111. The number of carbonyl (C=O) groups is 3. The summed E-state index contributed by atoms with van der Waals surface area (Å²) in [6.07, 6.45) is 0. The Balaban J connectivity index is 2.06. The first-order valence-electron chi connectivity index (χ1n) is 8.20. The Labute approximate surface area is 162 Å². The topological polar surface area (TPSA) is 81.7 Å². The molecule has 2 aromatic carbocycles. The van der Waals surface area contributed by atoms with Crippen LogP contribution in [0.25, 0.3) is 0 Å². The first-order valence-corrected chi connectivity index (χ1v) is 8.58. The van der Waals surface area contributed by atoms with E-state index in [0.29, 0.717) is 10.6 Å². The van der Waals surface area contributed by atoms with Crippen LogP contribution in [0.2, 0.25) is 5.02 Å². The van der Waals surface area contributed by atoms with Crippen LogP contribution >= 0.6 is 11.6 Å². The van der Waals surface area contributed by atoms with E-state index in [1.807, 2.05) is 0 Å². The summed E-state index contributed by atoms with van der Waals surface area (Å²) in [5, 5.41) is 3.17. The summed E-state index contributed by atoms with van der Waals surface area (Å²) in [5.74, 6) is -1.80. The van der Waals surface area contributed by atoms with Crippen molar-refractivity contribution in [1.29, 1.82) is 0 Å². The third kappa shape index (κ3) is 6.42. The number of anilines is 1. The third-order valence-corrected chi connectivity index (χ3v) is 3.49. The van der Waals surface area contributed by atoms with Crippen LogP contribution in [0.1, 0.15) is 41.5 Å². The number of halogens is 1. The molecule has 0 aromatic heterocycles. The molecule has 7 heteroatoms. The standard InChI is InChI=1S/C20H20ClNO5/c1-20(2,3)27-17(23)12-26-19(25)15-6-4-5-7-16(15)22-18(24)13-8-10-14(21)11-9-13/h4-11H,12H2,1-3H3,(H,22,24). The number of para-hydroxylation sites is 1. The minimum Gasteiger partial charge on any atom is -0.457 e. The maximum atomic E-state index is 12.3. The maximum absolute atomic E-state index is 12.3. The van der Waals surface area contributed by atoms with E-state index < -0.39 is 30.1 Å². The predicted molar refractivity (Wildman–Crippen MR) is 102 cm³/mol. The molecule has 1 amide bonds. The van der Waals surface area contributed by atoms with Gasteiger partial charge in [-0.25, -0.2) is 9.59 Å². The molecule has 6 nitrogen and oxygen atoms in total. The molecule has 0 aliphatic heterocycles. The Kier molecular flexibility index (Phi) is 6.58. The zero-order chi connectivity index (χ0) is 20.0. The Bertz CT molecular complexity index is 840. The van der Waals surface area contributed by atoms with Crippen molar-refractivity contribution in [3.8, 4) is 0 Å². The lowest BCUT2D eigenvalue weighted by Crippen LogP contribution is -2.27. The smallest absolute Gasteiger partial charge is 0.344 e. The van der Waals surface area contributed by atoms with Crippen LogP contribution in [0, 0.1) is 0 Å². The number of nitrogens with one attached hydrogen (secondary N) is 1. The fourth-order valence-corrected chi connectivity index (χ4v) is 2.27. The summed E-state index contributed by atoms with van der Waals surface area (Å²) in [6.45, 7) is 4.63. The molecule has 2 rings (SSSR count). The van der Waals surface area contributed by atoms with Gasteiger partial charge in [-0.2, -0.15) is 0 Å². The van der Waals surface area contributed by atoms with Crippen molar-refractivity contribution in [2.45, 2.75) is 26.4 Å². The number of carbonyl (C=O) groups excluding carboxylic acids is 3. The van der Waals surface area contributed by atoms with Crippen molar-refractivity contribution in [3.05, 3.63) is 64.7 Å². The predicted octanol–water partition coefficient (Wildman–Crippen LogP) is 4.09. The molecule has 0 bridgehead atoms. The summed E-state index contributed by atoms with van der Waals surface area (Å²) in [7, 11) is 0. The number of ether oxygens (including phenoxy) is 2. The fourth-order valence-electron chi connectivity index (χ4n) is 2.14. The summed E-state index contributed by atoms with van der Waals surface area (Å²) in [4.78, 5) is 36.3. The minimum atomic E-state index is -0.743. The molecule has 0 fully saturated rings. The van der Waals surface area contributed by atoms with E-state index >= 15 is 0 Å². The van der Waals surface area contributed by atoms with Crippen molar-refractivity contribution in [1.82, 2.24) is 0 Å². The van der Waals surface area contributed by atoms with Crippen LogP contribution < -0.4 is 5.32 Å². The van der Waals surface area contributed by atoms with Gasteiger partial charge in [-0.15, -0.1) is 0 Å². The highest BCUT2D eigenvalue weighted by atomic mass is 35.5. The van der Waals surface area contributed by atoms with E-state index in [1.165, 1.54) is 6.07 Å². The summed E-state index contributed by atoms with van der Waals surface area (Å²) >= 11 is 5.81. The molecule has 1 N–H and O–H groups in total. The molecule has 0 radical (unpaired) electrons. The highest BCUT2D eigenvalue weighted by Crippen LogP contribution is 2.18. The summed E-state index contributed by atoms with van der Waals surface area (Å²) in [6, 6.07) is 12.7. The molecule has 0 aliphatic carbocycles. The molecule has 2 aromatic rings. The Morgan fingerprint density at radius 1 is 1.00 bits per heavy atom. The second kappa shape index (κ2) is 8.68. The van der Waals surface area contributed by atoms with Gasteiger partial charge in [0.25, 0.3) is 5.91 Å². The van der Waals surface area contributed by atoms with E-state index in [2.05, 4.69) is 5.32 Å². The van der Waals surface area contributed by atoms with Gasteiger partial charge in [-0.1, -0.05) is 23.7 Å². The molecule has 0 saturated heterocycles. The van der Waals surface area contributed by atoms with Gasteiger partial charge in [0.15, 0.2) is 6.61 Å². The fraction of sp³-hybridized carbons (Fsp3) is 0.250. The number of esters is 2. The largest absolute Gasteiger partial charge is 0.457 e. The van der Waals surface area contributed by atoms with Gasteiger partial charge in [0, 0.05) is 10.6 Å². The molecule has 142 valence electrons. The van der Waals surface area contributed by atoms with Crippen LogP contribution in [-0.4, -0.2) is 30.1 Å². The lowest BCUT2D eigenvalue weighted by molar-refractivity contribution is -0.158. The molecule has 0 aliphatic rings. The molecular weight excluding hydrogens is 370 g/mol.